The van der Waals surface area contributed by atoms with Crippen molar-refractivity contribution >= 4 is 0 Å². The number of methoxy groups -OCH3 is 2. The second kappa shape index (κ2) is 8.56. The lowest BCUT2D eigenvalue weighted by Crippen LogP contribution is -1.98. The summed E-state index contributed by atoms with van der Waals surface area (Å²) >= 11 is 0. The number of hydrogen-bond acceptors (Lipinski definition) is 4. The monoisotopic (exact) mass is 266 g/mol. The molecule has 0 amide bonds. The summed E-state index contributed by atoms with van der Waals surface area (Å²) in [5.41, 5.74) is 2.18. The summed E-state index contributed by atoms with van der Waals surface area (Å²) in [5.74, 6) is 1.42. The number of rotatable bonds is 8. The van der Waals surface area contributed by atoms with Crippen LogP contribution in [-0.4, -0.2) is 32.5 Å². The molecule has 106 valence electrons. The first-order valence-corrected chi connectivity index (χ1v) is 6.26. The Bertz CT molecular complexity index is 413. The van der Waals surface area contributed by atoms with Gasteiger partial charge in [-0.3, -0.25) is 0 Å². The third kappa shape index (κ3) is 5.32. The van der Waals surface area contributed by atoms with Crippen molar-refractivity contribution in [1.82, 2.24) is 0 Å². The van der Waals surface area contributed by atoms with Crippen LogP contribution in [0.5, 0.6) is 11.5 Å². The van der Waals surface area contributed by atoms with Crippen molar-refractivity contribution in [2.24, 2.45) is 0 Å². The summed E-state index contributed by atoms with van der Waals surface area (Å²) in [7, 11) is 3.23. The highest BCUT2D eigenvalue weighted by Gasteiger charge is 2.04. The van der Waals surface area contributed by atoms with Crippen LogP contribution in [0.1, 0.15) is 18.9 Å². The van der Waals surface area contributed by atoms with Gasteiger partial charge in [-0.05, 0) is 31.0 Å². The van der Waals surface area contributed by atoms with E-state index in [-0.39, 0.29) is 6.61 Å². The van der Waals surface area contributed by atoms with Crippen molar-refractivity contribution in [1.29, 1.82) is 0 Å². The molecule has 0 heterocycles. The van der Waals surface area contributed by atoms with Crippen LogP contribution in [0.3, 0.4) is 0 Å². The van der Waals surface area contributed by atoms with E-state index in [4.69, 9.17) is 19.3 Å². The zero-order valence-electron chi connectivity index (χ0n) is 11.8. The van der Waals surface area contributed by atoms with E-state index in [0.717, 1.165) is 17.6 Å². The number of benzene rings is 1. The molecule has 0 bridgehead atoms. The quantitative estimate of drug-likeness (QED) is 0.580. The molecule has 19 heavy (non-hydrogen) atoms. The Balaban J connectivity index is 2.43. The molecule has 0 saturated carbocycles. The number of hydrogen-bond donors (Lipinski definition) is 1. The molecule has 0 radical (unpaired) electrons. The van der Waals surface area contributed by atoms with E-state index in [9.17, 15) is 0 Å². The normalized spacial score (nSPS) is 11.5. The fraction of sp³-hybridized carbons (Fsp3) is 0.467. The van der Waals surface area contributed by atoms with Crippen LogP contribution in [0.4, 0.5) is 0 Å². The summed E-state index contributed by atoms with van der Waals surface area (Å²) in [6.45, 7) is 3.24. The summed E-state index contributed by atoms with van der Waals surface area (Å²) < 4.78 is 16.0. The Labute approximate surface area is 114 Å². The van der Waals surface area contributed by atoms with Gasteiger partial charge in [0.2, 0.25) is 0 Å². The van der Waals surface area contributed by atoms with Gasteiger partial charge < -0.3 is 19.3 Å². The van der Waals surface area contributed by atoms with Crippen LogP contribution in [0.2, 0.25) is 0 Å². The molecule has 1 rings (SSSR count). The van der Waals surface area contributed by atoms with E-state index in [1.54, 1.807) is 20.3 Å². The molecule has 1 aromatic rings. The van der Waals surface area contributed by atoms with Crippen LogP contribution in [-0.2, 0) is 11.3 Å². The van der Waals surface area contributed by atoms with E-state index >= 15 is 0 Å². The molecule has 0 aliphatic rings. The third-order valence-corrected chi connectivity index (χ3v) is 2.80. The zero-order chi connectivity index (χ0) is 14.1. The van der Waals surface area contributed by atoms with Gasteiger partial charge in [0.1, 0.15) is 0 Å². The predicted octanol–water partition coefficient (Wildman–Crippen LogP) is 2.55. The first-order chi connectivity index (χ1) is 9.21. The maximum absolute atomic E-state index is 8.74. The molecule has 1 aromatic carbocycles. The Kier molecular flexibility index (Phi) is 7.00. The van der Waals surface area contributed by atoms with Gasteiger partial charge in [0, 0.05) is 0 Å². The predicted molar refractivity (Wildman–Crippen MR) is 74.7 cm³/mol. The maximum Gasteiger partial charge on any atom is 0.161 e. The molecule has 0 aliphatic heterocycles. The highest BCUT2D eigenvalue weighted by molar-refractivity contribution is 5.42. The summed E-state index contributed by atoms with van der Waals surface area (Å²) in [6, 6.07) is 5.74. The van der Waals surface area contributed by atoms with Crippen molar-refractivity contribution in [2.75, 3.05) is 27.4 Å². The van der Waals surface area contributed by atoms with E-state index in [2.05, 4.69) is 0 Å². The molecule has 0 aromatic heterocycles. The molecule has 0 aliphatic carbocycles. The fourth-order valence-electron chi connectivity index (χ4n) is 1.65. The van der Waals surface area contributed by atoms with E-state index in [1.165, 1.54) is 0 Å². The smallest absolute Gasteiger partial charge is 0.161 e. The molecule has 0 spiro atoms. The highest BCUT2D eigenvalue weighted by Crippen LogP contribution is 2.27. The van der Waals surface area contributed by atoms with Gasteiger partial charge in [-0.25, -0.2) is 0 Å². The lowest BCUT2D eigenvalue weighted by Gasteiger charge is -2.10. The molecule has 0 saturated heterocycles. The molecule has 0 unspecified atom stereocenters. The largest absolute Gasteiger partial charge is 0.493 e. The minimum atomic E-state index is 0.0848. The fourth-order valence-corrected chi connectivity index (χ4v) is 1.65. The lowest BCUT2D eigenvalue weighted by molar-refractivity contribution is 0.123. The minimum Gasteiger partial charge on any atom is -0.493 e. The van der Waals surface area contributed by atoms with Gasteiger partial charge >= 0.3 is 0 Å². The molecular formula is C15H22O4. The molecule has 0 fully saturated rings. The molecule has 4 heteroatoms. The molecule has 4 nitrogen and oxygen atoms in total. The Morgan fingerprint density at radius 1 is 1.21 bits per heavy atom. The van der Waals surface area contributed by atoms with Crippen LogP contribution >= 0.6 is 0 Å². The Morgan fingerprint density at radius 2 is 1.95 bits per heavy atom. The van der Waals surface area contributed by atoms with Gasteiger partial charge in [-0.2, -0.15) is 0 Å². The Hall–Kier alpha value is -1.52. The molecular weight excluding hydrogens is 244 g/mol. The lowest BCUT2D eigenvalue weighted by atomic mass is 10.2. The zero-order valence-corrected chi connectivity index (χ0v) is 11.8. The van der Waals surface area contributed by atoms with E-state index in [0.29, 0.717) is 24.7 Å². The van der Waals surface area contributed by atoms with Gasteiger partial charge in [0.05, 0.1) is 34.0 Å². The second-order valence-corrected chi connectivity index (χ2v) is 4.22. The Morgan fingerprint density at radius 3 is 2.58 bits per heavy atom. The number of aliphatic hydroxyl groups is 1. The van der Waals surface area contributed by atoms with Gasteiger partial charge in [-0.15, -0.1) is 0 Å². The molecule has 0 atom stereocenters. The van der Waals surface area contributed by atoms with Crippen molar-refractivity contribution < 1.29 is 19.3 Å². The highest BCUT2D eigenvalue weighted by atomic mass is 16.5. The maximum atomic E-state index is 8.74. The topological polar surface area (TPSA) is 47.9 Å². The van der Waals surface area contributed by atoms with Gasteiger partial charge in [-0.1, -0.05) is 17.7 Å². The SMILES string of the molecule is COc1ccc(COCC/C(C)=C/CO)cc1OC. The third-order valence-electron chi connectivity index (χ3n) is 2.80. The average Bonchev–Trinajstić information content (AvgIpc) is 2.43. The summed E-state index contributed by atoms with van der Waals surface area (Å²) in [5, 5.41) is 8.74. The first kappa shape index (κ1) is 15.5. The second-order valence-electron chi connectivity index (χ2n) is 4.22. The van der Waals surface area contributed by atoms with E-state index < -0.39 is 0 Å². The van der Waals surface area contributed by atoms with E-state index in [1.807, 2.05) is 25.1 Å². The number of ether oxygens (including phenoxy) is 3. The van der Waals surface area contributed by atoms with Crippen LogP contribution in [0.25, 0.3) is 0 Å². The van der Waals surface area contributed by atoms with Crippen molar-refractivity contribution in [2.45, 2.75) is 20.0 Å². The van der Waals surface area contributed by atoms with Crippen molar-refractivity contribution in [3.8, 4) is 11.5 Å². The first-order valence-electron chi connectivity index (χ1n) is 6.26. The van der Waals surface area contributed by atoms with Crippen molar-refractivity contribution in [3.63, 3.8) is 0 Å². The molecule has 1 N–H and O–H groups in total. The average molecular weight is 266 g/mol. The van der Waals surface area contributed by atoms with Gasteiger partial charge in [0.25, 0.3) is 0 Å². The van der Waals surface area contributed by atoms with Crippen LogP contribution in [0, 0.1) is 0 Å². The standard InChI is InChI=1S/C15H22O4/c1-12(6-8-16)7-9-19-11-13-4-5-14(17-2)15(10-13)18-3/h4-6,10,16H,7-9,11H2,1-3H3/b12-6+. The van der Waals surface area contributed by atoms with Crippen molar-refractivity contribution in [3.05, 3.63) is 35.4 Å². The number of aliphatic hydroxyl groups excluding tert-OH is 1. The summed E-state index contributed by atoms with van der Waals surface area (Å²) in [4.78, 5) is 0. The van der Waals surface area contributed by atoms with Gasteiger partial charge in [0.15, 0.2) is 11.5 Å². The summed E-state index contributed by atoms with van der Waals surface area (Å²) in [6.07, 6.45) is 2.62. The minimum absolute atomic E-state index is 0.0848. The van der Waals surface area contributed by atoms with Crippen LogP contribution < -0.4 is 9.47 Å². The van der Waals surface area contributed by atoms with Crippen LogP contribution in [0.15, 0.2) is 29.8 Å².